The molecule has 0 aromatic heterocycles. The van der Waals surface area contributed by atoms with Crippen molar-refractivity contribution in [2.75, 3.05) is 13.2 Å². The van der Waals surface area contributed by atoms with E-state index in [4.69, 9.17) is 4.74 Å². The molecule has 1 aliphatic rings. The van der Waals surface area contributed by atoms with Gasteiger partial charge in [0.15, 0.2) is 0 Å². The zero-order chi connectivity index (χ0) is 14.5. The maximum atomic E-state index is 12.2. The molecule has 2 atom stereocenters. The Labute approximate surface area is 114 Å². The molecule has 0 radical (unpaired) electrons. The number of nitrogens with one attached hydrogen (secondary N) is 1. The summed E-state index contributed by atoms with van der Waals surface area (Å²) >= 11 is 0. The molecular weight excluding hydrogens is 255 g/mol. The first-order valence-corrected chi connectivity index (χ1v) is 7.18. The highest BCUT2D eigenvalue weighted by Gasteiger charge is 2.39. The Morgan fingerprint density at radius 3 is 2.58 bits per heavy atom. The standard InChI is InChI=1S/C14H26F3NO/c1-4-9-18-12-11(6-5-7-13(12,2)3)19-10-8-14(15,16)17/h11-12,18H,4-10H2,1-3H3. The van der Waals surface area contributed by atoms with Gasteiger partial charge in [-0.1, -0.05) is 27.2 Å². The Kier molecular flexibility index (Phi) is 6.12. The van der Waals surface area contributed by atoms with Crippen molar-refractivity contribution in [3.05, 3.63) is 0 Å². The molecule has 0 aromatic rings. The fraction of sp³-hybridized carbons (Fsp3) is 1.00. The lowest BCUT2D eigenvalue weighted by atomic mass is 9.71. The van der Waals surface area contributed by atoms with E-state index < -0.39 is 12.6 Å². The van der Waals surface area contributed by atoms with Crippen LogP contribution in [-0.4, -0.2) is 31.5 Å². The second-order valence-corrected chi connectivity index (χ2v) is 6.09. The van der Waals surface area contributed by atoms with E-state index in [0.717, 1.165) is 32.2 Å². The summed E-state index contributed by atoms with van der Waals surface area (Å²) in [7, 11) is 0. The Bertz CT molecular complexity index is 266. The number of ether oxygens (including phenoxy) is 1. The molecule has 0 bridgehead atoms. The molecule has 0 aromatic carbocycles. The number of alkyl halides is 3. The molecule has 19 heavy (non-hydrogen) atoms. The highest BCUT2D eigenvalue weighted by molar-refractivity contribution is 4.94. The minimum Gasteiger partial charge on any atom is -0.376 e. The van der Waals surface area contributed by atoms with E-state index in [2.05, 4.69) is 26.1 Å². The number of hydrogen-bond acceptors (Lipinski definition) is 2. The van der Waals surface area contributed by atoms with Crippen molar-refractivity contribution >= 4 is 0 Å². The van der Waals surface area contributed by atoms with Gasteiger partial charge in [0.25, 0.3) is 0 Å². The topological polar surface area (TPSA) is 21.3 Å². The minimum atomic E-state index is -4.13. The predicted molar refractivity (Wildman–Crippen MR) is 70.1 cm³/mol. The maximum absolute atomic E-state index is 12.2. The van der Waals surface area contributed by atoms with Gasteiger partial charge in [-0.05, 0) is 31.2 Å². The molecule has 2 nitrogen and oxygen atoms in total. The predicted octanol–water partition coefficient (Wildman–Crippen LogP) is 3.90. The summed E-state index contributed by atoms with van der Waals surface area (Å²) in [6.45, 7) is 7.07. The summed E-state index contributed by atoms with van der Waals surface area (Å²) in [4.78, 5) is 0. The molecule has 1 N–H and O–H groups in total. The molecule has 1 fully saturated rings. The monoisotopic (exact) mass is 281 g/mol. The van der Waals surface area contributed by atoms with Gasteiger partial charge < -0.3 is 10.1 Å². The Morgan fingerprint density at radius 1 is 1.32 bits per heavy atom. The van der Waals surface area contributed by atoms with Crippen LogP contribution in [0.5, 0.6) is 0 Å². The van der Waals surface area contributed by atoms with Gasteiger partial charge in [0.05, 0.1) is 19.1 Å². The molecule has 5 heteroatoms. The summed E-state index contributed by atoms with van der Waals surface area (Å²) < 4.78 is 42.0. The van der Waals surface area contributed by atoms with E-state index in [1.54, 1.807) is 0 Å². The molecule has 0 heterocycles. The average Bonchev–Trinajstić information content (AvgIpc) is 2.25. The van der Waals surface area contributed by atoms with Crippen LogP contribution < -0.4 is 5.32 Å². The quantitative estimate of drug-likeness (QED) is 0.797. The van der Waals surface area contributed by atoms with Crippen molar-refractivity contribution in [2.45, 2.75) is 71.2 Å². The van der Waals surface area contributed by atoms with Crippen LogP contribution in [0.4, 0.5) is 13.2 Å². The zero-order valence-electron chi connectivity index (χ0n) is 12.1. The van der Waals surface area contributed by atoms with Crippen molar-refractivity contribution in [3.8, 4) is 0 Å². The summed E-state index contributed by atoms with van der Waals surface area (Å²) in [5, 5.41) is 3.45. The molecule has 1 saturated carbocycles. The minimum absolute atomic E-state index is 0.0797. The van der Waals surface area contributed by atoms with Gasteiger partial charge >= 0.3 is 6.18 Å². The van der Waals surface area contributed by atoms with Gasteiger partial charge in [0.1, 0.15) is 0 Å². The summed E-state index contributed by atoms with van der Waals surface area (Å²) in [5.74, 6) is 0. The molecule has 0 amide bonds. The Balaban J connectivity index is 2.52. The van der Waals surface area contributed by atoms with Crippen LogP contribution in [0.1, 0.15) is 52.9 Å². The second kappa shape index (κ2) is 6.93. The number of hydrogen-bond donors (Lipinski definition) is 1. The van der Waals surface area contributed by atoms with Gasteiger partial charge in [-0.25, -0.2) is 0 Å². The van der Waals surface area contributed by atoms with Gasteiger partial charge in [-0.15, -0.1) is 0 Å². The molecule has 0 saturated heterocycles. The van der Waals surface area contributed by atoms with Gasteiger partial charge in [0, 0.05) is 6.04 Å². The molecule has 1 rings (SSSR count). The fourth-order valence-corrected chi connectivity index (χ4v) is 2.80. The third-order valence-corrected chi connectivity index (χ3v) is 3.86. The van der Waals surface area contributed by atoms with E-state index in [1.165, 1.54) is 0 Å². The maximum Gasteiger partial charge on any atom is 0.391 e. The lowest BCUT2D eigenvalue weighted by molar-refractivity contribution is -0.153. The normalized spacial score (nSPS) is 27.5. The second-order valence-electron chi connectivity index (χ2n) is 6.09. The van der Waals surface area contributed by atoms with Crippen LogP contribution in [0, 0.1) is 5.41 Å². The van der Waals surface area contributed by atoms with Crippen LogP contribution in [0.3, 0.4) is 0 Å². The first kappa shape index (κ1) is 16.8. The van der Waals surface area contributed by atoms with Crippen molar-refractivity contribution in [2.24, 2.45) is 5.41 Å². The first-order valence-electron chi connectivity index (χ1n) is 7.18. The smallest absolute Gasteiger partial charge is 0.376 e. The van der Waals surface area contributed by atoms with E-state index >= 15 is 0 Å². The van der Waals surface area contributed by atoms with E-state index in [9.17, 15) is 13.2 Å². The van der Waals surface area contributed by atoms with Gasteiger partial charge in [-0.3, -0.25) is 0 Å². The third-order valence-electron chi connectivity index (χ3n) is 3.86. The largest absolute Gasteiger partial charge is 0.391 e. The van der Waals surface area contributed by atoms with Crippen molar-refractivity contribution in [3.63, 3.8) is 0 Å². The van der Waals surface area contributed by atoms with Crippen molar-refractivity contribution < 1.29 is 17.9 Å². The number of halogens is 3. The van der Waals surface area contributed by atoms with Crippen LogP contribution in [0.2, 0.25) is 0 Å². The zero-order valence-corrected chi connectivity index (χ0v) is 12.1. The highest BCUT2D eigenvalue weighted by Crippen LogP contribution is 2.37. The van der Waals surface area contributed by atoms with Crippen LogP contribution in [0.15, 0.2) is 0 Å². The summed E-state index contributed by atoms with van der Waals surface area (Å²) in [6.07, 6.45) is -1.11. The Hall–Kier alpha value is -0.290. The first-order chi connectivity index (χ1) is 8.76. The van der Waals surface area contributed by atoms with Gasteiger partial charge in [0.2, 0.25) is 0 Å². The van der Waals surface area contributed by atoms with Crippen LogP contribution in [-0.2, 0) is 4.74 Å². The molecule has 0 spiro atoms. The molecule has 114 valence electrons. The van der Waals surface area contributed by atoms with E-state index in [-0.39, 0.29) is 24.2 Å². The molecule has 2 unspecified atom stereocenters. The van der Waals surface area contributed by atoms with E-state index in [1.807, 2.05) is 0 Å². The van der Waals surface area contributed by atoms with Crippen LogP contribution >= 0.6 is 0 Å². The average molecular weight is 281 g/mol. The molecule has 1 aliphatic carbocycles. The highest BCUT2D eigenvalue weighted by atomic mass is 19.4. The third kappa shape index (κ3) is 5.69. The lowest BCUT2D eigenvalue weighted by Crippen LogP contribution is -2.53. The van der Waals surface area contributed by atoms with Crippen molar-refractivity contribution in [1.82, 2.24) is 5.32 Å². The van der Waals surface area contributed by atoms with Gasteiger partial charge in [-0.2, -0.15) is 13.2 Å². The SMILES string of the molecule is CCCNC1C(OCCC(F)(F)F)CCCC1(C)C. The molecular formula is C14H26F3NO. The van der Waals surface area contributed by atoms with E-state index in [0.29, 0.717) is 0 Å². The fourth-order valence-electron chi connectivity index (χ4n) is 2.80. The summed E-state index contributed by atoms with van der Waals surface area (Å²) in [6, 6.07) is 0.148. The number of rotatable bonds is 6. The van der Waals surface area contributed by atoms with Crippen molar-refractivity contribution in [1.29, 1.82) is 0 Å². The Morgan fingerprint density at radius 2 is 2.00 bits per heavy atom. The van der Waals surface area contributed by atoms with Crippen LogP contribution in [0.25, 0.3) is 0 Å². The summed E-state index contributed by atoms with van der Waals surface area (Å²) in [5.41, 5.74) is 0.0797. The lowest BCUT2D eigenvalue weighted by Gasteiger charge is -2.44. The molecule has 0 aliphatic heterocycles.